The molecule has 0 unspecified atom stereocenters. The normalized spacial score (nSPS) is 15.1. The van der Waals surface area contributed by atoms with E-state index in [-0.39, 0.29) is 0 Å². The molecule has 0 spiro atoms. The first-order chi connectivity index (χ1) is 7.20. The fraction of sp³-hybridized carbons (Fsp3) is 0.417. The van der Waals surface area contributed by atoms with Crippen molar-refractivity contribution in [2.24, 2.45) is 4.99 Å². The number of nitrogens with zero attached hydrogens (tertiary/aromatic N) is 2. The second kappa shape index (κ2) is 3.97. The van der Waals surface area contributed by atoms with E-state index in [1.165, 1.54) is 11.1 Å². The van der Waals surface area contributed by atoms with Crippen LogP contribution in [0.3, 0.4) is 0 Å². The van der Waals surface area contributed by atoms with E-state index in [0.717, 1.165) is 13.1 Å². The van der Waals surface area contributed by atoms with Crippen LogP contribution in [0.5, 0.6) is 0 Å². The van der Waals surface area contributed by atoms with Gasteiger partial charge in [0.25, 0.3) is 0 Å². The zero-order valence-corrected chi connectivity index (χ0v) is 9.03. The largest absolute Gasteiger partial charge is 0.292 e. The van der Waals surface area contributed by atoms with Gasteiger partial charge in [0.2, 0.25) is 6.08 Å². The van der Waals surface area contributed by atoms with Gasteiger partial charge in [-0.25, -0.2) is 4.79 Å². The maximum atomic E-state index is 10.1. The van der Waals surface area contributed by atoms with Gasteiger partial charge in [-0.3, -0.25) is 4.90 Å². The Kier molecular flexibility index (Phi) is 2.67. The van der Waals surface area contributed by atoms with E-state index in [1.54, 1.807) is 6.08 Å². The predicted molar refractivity (Wildman–Crippen MR) is 58.6 cm³/mol. The number of rotatable bonds is 2. The van der Waals surface area contributed by atoms with Gasteiger partial charge in [-0.05, 0) is 37.1 Å². The lowest BCUT2D eigenvalue weighted by molar-refractivity contribution is 0.227. The van der Waals surface area contributed by atoms with Crippen molar-refractivity contribution in [2.75, 3.05) is 0 Å². The summed E-state index contributed by atoms with van der Waals surface area (Å²) >= 11 is 0. The number of carbonyl (C=O) groups excluding carboxylic acids is 1. The van der Waals surface area contributed by atoms with E-state index >= 15 is 0 Å². The average Bonchev–Trinajstić information content (AvgIpc) is 2.61. The molecule has 0 bridgehead atoms. The van der Waals surface area contributed by atoms with E-state index in [9.17, 15) is 4.79 Å². The summed E-state index contributed by atoms with van der Waals surface area (Å²) in [4.78, 5) is 16.2. The van der Waals surface area contributed by atoms with E-state index in [4.69, 9.17) is 0 Å². The molecule has 1 heterocycles. The van der Waals surface area contributed by atoms with Gasteiger partial charge in [-0.1, -0.05) is 6.07 Å². The summed E-state index contributed by atoms with van der Waals surface area (Å²) in [5.74, 6) is 0. The van der Waals surface area contributed by atoms with Gasteiger partial charge < -0.3 is 0 Å². The predicted octanol–water partition coefficient (Wildman–Crippen LogP) is 2.38. The molecule has 1 aromatic carbocycles. The van der Waals surface area contributed by atoms with Crippen molar-refractivity contribution < 1.29 is 4.79 Å². The number of hydrogen-bond acceptors (Lipinski definition) is 3. The molecule has 0 saturated heterocycles. The number of fused-ring (bicyclic) bond motifs is 1. The monoisotopic (exact) mass is 202 g/mol. The molecule has 0 atom stereocenters. The van der Waals surface area contributed by atoms with Crippen molar-refractivity contribution in [3.8, 4) is 0 Å². The molecule has 1 aliphatic rings. The minimum atomic E-state index is 0.551. The maximum Gasteiger partial charge on any atom is 0.240 e. The molecule has 3 nitrogen and oxygen atoms in total. The Morgan fingerprint density at radius 1 is 1.33 bits per heavy atom. The summed E-state index contributed by atoms with van der Waals surface area (Å²) in [5, 5.41) is 0. The Morgan fingerprint density at radius 3 is 2.73 bits per heavy atom. The van der Waals surface area contributed by atoms with Gasteiger partial charge in [-0.15, -0.1) is 0 Å². The first-order valence-corrected chi connectivity index (χ1v) is 5.14. The SMILES string of the molecule is CC(C)N1Cc2ccc(N=C=O)cc2C1. The van der Waals surface area contributed by atoms with Crippen LogP contribution in [0.2, 0.25) is 0 Å². The zero-order chi connectivity index (χ0) is 10.8. The minimum Gasteiger partial charge on any atom is -0.292 e. The molecule has 0 radical (unpaired) electrons. The van der Waals surface area contributed by atoms with Crippen LogP contribution < -0.4 is 0 Å². The lowest BCUT2D eigenvalue weighted by Crippen LogP contribution is -2.24. The van der Waals surface area contributed by atoms with Crippen molar-refractivity contribution in [1.82, 2.24) is 4.90 Å². The lowest BCUT2D eigenvalue weighted by atomic mass is 10.1. The lowest BCUT2D eigenvalue weighted by Gasteiger charge is -2.18. The van der Waals surface area contributed by atoms with Crippen molar-refractivity contribution in [3.63, 3.8) is 0 Å². The van der Waals surface area contributed by atoms with Crippen molar-refractivity contribution >= 4 is 11.8 Å². The van der Waals surface area contributed by atoms with Crippen molar-refractivity contribution in [3.05, 3.63) is 29.3 Å². The van der Waals surface area contributed by atoms with E-state index < -0.39 is 0 Å². The van der Waals surface area contributed by atoms with Crippen LogP contribution in [0.15, 0.2) is 23.2 Å². The zero-order valence-electron chi connectivity index (χ0n) is 9.03. The number of aliphatic imine (C=N–C) groups is 1. The first kappa shape index (κ1) is 10.1. The number of hydrogen-bond donors (Lipinski definition) is 0. The van der Waals surface area contributed by atoms with Crippen LogP contribution >= 0.6 is 0 Å². The van der Waals surface area contributed by atoms with E-state index in [2.05, 4.69) is 23.7 Å². The van der Waals surface area contributed by atoms with Crippen LogP contribution in [-0.4, -0.2) is 17.0 Å². The Labute approximate surface area is 89.4 Å². The van der Waals surface area contributed by atoms with Crippen LogP contribution in [-0.2, 0) is 17.9 Å². The second-order valence-corrected chi connectivity index (χ2v) is 4.15. The quantitative estimate of drug-likeness (QED) is 0.545. The van der Waals surface area contributed by atoms with Gasteiger partial charge in [0.15, 0.2) is 0 Å². The Morgan fingerprint density at radius 2 is 2.07 bits per heavy atom. The molecule has 0 amide bonds. The number of isocyanates is 1. The van der Waals surface area contributed by atoms with Crippen LogP contribution in [0.1, 0.15) is 25.0 Å². The average molecular weight is 202 g/mol. The fourth-order valence-electron chi connectivity index (χ4n) is 1.89. The fourth-order valence-corrected chi connectivity index (χ4v) is 1.89. The third kappa shape index (κ3) is 1.99. The Bertz CT molecular complexity index is 420. The standard InChI is InChI=1S/C12H14N2O/c1-9(2)14-6-10-3-4-12(13-8-15)5-11(10)7-14/h3-5,9H,6-7H2,1-2H3. The highest BCUT2D eigenvalue weighted by Crippen LogP contribution is 2.27. The molecule has 0 aliphatic carbocycles. The second-order valence-electron chi connectivity index (χ2n) is 4.15. The third-order valence-electron chi connectivity index (χ3n) is 2.84. The molecule has 3 heteroatoms. The van der Waals surface area contributed by atoms with Gasteiger partial charge in [0.05, 0.1) is 5.69 Å². The molecule has 0 aromatic heterocycles. The summed E-state index contributed by atoms with van der Waals surface area (Å²) in [5.41, 5.74) is 3.32. The van der Waals surface area contributed by atoms with Gasteiger partial charge in [0, 0.05) is 19.1 Å². The summed E-state index contributed by atoms with van der Waals surface area (Å²) in [6.45, 7) is 6.33. The minimum absolute atomic E-state index is 0.551. The van der Waals surface area contributed by atoms with Gasteiger partial charge in [0.1, 0.15) is 0 Å². The first-order valence-electron chi connectivity index (χ1n) is 5.14. The Hall–Kier alpha value is -1.44. The molecule has 1 aliphatic heterocycles. The summed E-state index contributed by atoms with van der Waals surface area (Å²) < 4.78 is 0. The molecule has 1 aromatic rings. The van der Waals surface area contributed by atoms with Gasteiger partial charge >= 0.3 is 0 Å². The van der Waals surface area contributed by atoms with Crippen molar-refractivity contribution in [1.29, 1.82) is 0 Å². The molecule has 0 N–H and O–H groups in total. The smallest absolute Gasteiger partial charge is 0.240 e. The van der Waals surface area contributed by atoms with Crippen LogP contribution in [0.4, 0.5) is 5.69 Å². The van der Waals surface area contributed by atoms with Crippen LogP contribution in [0, 0.1) is 0 Å². The summed E-state index contributed by atoms with van der Waals surface area (Å²) in [6, 6.07) is 6.44. The topological polar surface area (TPSA) is 32.7 Å². The van der Waals surface area contributed by atoms with E-state index in [0.29, 0.717) is 11.7 Å². The highest BCUT2D eigenvalue weighted by atomic mass is 16.1. The highest BCUT2D eigenvalue weighted by Gasteiger charge is 2.20. The third-order valence-corrected chi connectivity index (χ3v) is 2.84. The summed E-state index contributed by atoms with van der Waals surface area (Å²) in [6.07, 6.45) is 1.57. The van der Waals surface area contributed by atoms with E-state index in [1.807, 2.05) is 18.2 Å². The molecule has 0 saturated carbocycles. The molecule has 2 rings (SSSR count). The molecular formula is C12H14N2O. The van der Waals surface area contributed by atoms with Crippen molar-refractivity contribution in [2.45, 2.75) is 33.0 Å². The van der Waals surface area contributed by atoms with Crippen LogP contribution in [0.25, 0.3) is 0 Å². The molecule has 0 fully saturated rings. The van der Waals surface area contributed by atoms with Gasteiger partial charge in [-0.2, -0.15) is 4.99 Å². The number of benzene rings is 1. The molecule has 78 valence electrons. The maximum absolute atomic E-state index is 10.1. The highest BCUT2D eigenvalue weighted by molar-refractivity contribution is 5.52. The molecular weight excluding hydrogens is 188 g/mol. The Balaban J connectivity index is 2.27. The molecule has 15 heavy (non-hydrogen) atoms. The summed E-state index contributed by atoms with van der Waals surface area (Å²) in [7, 11) is 0.